The smallest absolute Gasteiger partial charge is 0.269 e. The summed E-state index contributed by atoms with van der Waals surface area (Å²) in [5.74, 6) is 0.0241. The van der Waals surface area contributed by atoms with Crippen LogP contribution in [0.3, 0.4) is 0 Å². The maximum atomic E-state index is 10.8. The van der Waals surface area contributed by atoms with Gasteiger partial charge in [-0.15, -0.1) is 0 Å². The van der Waals surface area contributed by atoms with E-state index in [1.165, 1.54) is 31.4 Å². The third-order valence-corrected chi connectivity index (χ3v) is 4.95. The van der Waals surface area contributed by atoms with Gasteiger partial charge in [0, 0.05) is 18.7 Å². The molecule has 0 amide bonds. The molecule has 2 rings (SSSR count). The van der Waals surface area contributed by atoms with Gasteiger partial charge in [-0.05, 0) is 25.3 Å². The zero-order chi connectivity index (χ0) is 18.4. The van der Waals surface area contributed by atoms with Crippen molar-refractivity contribution < 1.29 is 10.0 Å². The van der Waals surface area contributed by atoms with E-state index >= 15 is 0 Å². The van der Waals surface area contributed by atoms with Crippen LogP contribution in [0.5, 0.6) is 0 Å². The third kappa shape index (κ3) is 4.78. The van der Waals surface area contributed by atoms with Crippen LogP contribution in [-0.4, -0.2) is 20.6 Å². The molecular formula is C18H26ClN3O3. The summed E-state index contributed by atoms with van der Waals surface area (Å²) in [4.78, 5) is 12.2. The molecule has 0 spiro atoms. The van der Waals surface area contributed by atoms with Gasteiger partial charge >= 0.3 is 0 Å². The van der Waals surface area contributed by atoms with Gasteiger partial charge in [-0.25, -0.2) is 0 Å². The molecule has 1 heterocycles. The first-order valence-corrected chi connectivity index (χ1v) is 9.13. The van der Waals surface area contributed by atoms with Gasteiger partial charge in [0.25, 0.3) is 5.69 Å². The molecule has 1 aliphatic heterocycles. The van der Waals surface area contributed by atoms with Crippen molar-refractivity contribution >= 4 is 17.3 Å². The molecule has 1 aliphatic rings. The number of nitrogens with zero attached hydrogens (tertiary/aromatic N) is 2. The molecule has 1 aromatic carbocycles. The Morgan fingerprint density at radius 3 is 2.48 bits per heavy atom. The molecule has 7 heteroatoms. The van der Waals surface area contributed by atoms with Crippen molar-refractivity contribution in [2.45, 2.75) is 64.6 Å². The van der Waals surface area contributed by atoms with Crippen LogP contribution in [0.1, 0.15) is 57.9 Å². The van der Waals surface area contributed by atoms with E-state index < -0.39 is 10.6 Å². The molecule has 1 aromatic rings. The Labute approximate surface area is 153 Å². The second-order valence-electron chi connectivity index (χ2n) is 6.71. The fourth-order valence-electron chi connectivity index (χ4n) is 3.14. The molecule has 6 nitrogen and oxygen atoms in total. The fourth-order valence-corrected chi connectivity index (χ4v) is 3.44. The number of unbranched alkanes of at least 4 members (excludes halogenated alkanes) is 4. The summed E-state index contributed by atoms with van der Waals surface area (Å²) < 4.78 is 0. The molecular weight excluding hydrogens is 342 g/mol. The predicted molar refractivity (Wildman–Crippen MR) is 99.1 cm³/mol. The standard InChI is InChI=1S/C18H26ClN3O3/c1-3-4-5-6-7-12-18(2)20-16(19)17(23)21(18)13-14-8-10-15(11-9-14)22(24)25/h8-11,20,23H,3-7,12-13H2,1-2H3. The zero-order valence-corrected chi connectivity index (χ0v) is 15.6. The van der Waals surface area contributed by atoms with Crippen molar-refractivity contribution in [2.24, 2.45) is 0 Å². The number of aliphatic hydroxyl groups excluding tert-OH is 1. The highest BCUT2D eigenvalue weighted by molar-refractivity contribution is 6.29. The van der Waals surface area contributed by atoms with E-state index in [-0.39, 0.29) is 16.7 Å². The van der Waals surface area contributed by atoms with Crippen LogP contribution in [0.2, 0.25) is 0 Å². The van der Waals surface area contributed by atoms with E-state index in [9.17, 15) is 15.2 Å². The lowest BCUT2D eigenvalue weighted by molar-refractivity contribution is -0.384. The van der Waals surface area contributed by atoms with Crippen molar-refractivity contribution in [1.82, 2.24) is 10.2 Å². The van der Waals surface area contributed by atoms with Crippen LogP contribution < -0.4 is 5.32 Å². The first kappa shape index (κ1) is 19.4. The van der Waals surface area contributed by atoms with Crippen LogP contribution >= 0.6 is 11.6 Å². The van der Waals surface area contributed by atoms with Gasteiger partial charge in [0.15, 0.2) is 5.16 Å². The summed E-state index contributed by atoms with van der Waals surface area (Å²) in [6, 6.07) is 6.37. The summed E-state index contributed by atoms with van der Waals surface area (Å²) in [6.45, 7) is 4.63. The first-order chi connectivity index (χ1) is 11.9. The molecule has 0 fully saturated rings. The maximum Gasteiger partial charge on any atom is 0.269 e. The summed E-state index contributed by atoms with van der Waals surface area (Å²) >= 11 is 6.12. The zero-order valence-electron chi connectivity index (χ0n) is 14.8. The first-order valence-electron chi connectivity index (χ1n) is 8.75. The Morgan fingerprint density at radius 1 is 1.24 bits per heavy atom. The molecule has 1 atom stereocenters. The number of aliphatic hydroxyl groups is 1. The van der Waals surface area contributed by atoms with E-state index in [1.54, 1.807) is 12.1 Å². The van der Waals surface area contributed by atoms with E-state index in [0.29, 0.717) is 6.54 Å². The van der Waals surface area contributed by atoms with Crippen LogP contribution in [-0.2, 0) is 6.54 Å². The molecule has 138 valence electrons. The largest absolute Gasteiger partial charge is 0.493 e. The summed E-state index contributed by atoms with van der Waals surface area (Å²) in [6.07, 6.45) is 6.69. The van der Waals surface area contributed by atoms with Gasteiger partial charge < -0.3 is 15.3 Å². The molecule has 1 unspecified atom stereocenters. The predicted octanol–water partition coefficient (Wildman–Crippen LogP) is 5.00. The second-order valence-corrected chi connectivity index (χ2v) is 7.09. The fraction of sp³-hybridized carbons (Fsp3) is 0.556. The lowest BCUT2D eigenvalue weighted by atomic mass is 10.0. The number of hydrogen-bond acceptors (Lipinski definition) is 5. The van der Waals surface area contributed by atoms with Gasteiger partial charge in [-0.3, -0.25) is 10.1 Å². The van der Waals surface area contributed by atoms with Crippen LogP contribution in [0, 0.1) is 10.1 Å². The Morgan fingerprint density at radius 2 is 1.88 bits per heavy atom. The average molecular weight is 368 g/mol. The molecule has 0 saturated carbocycles. The van der Waals surface area contributed by atoms with Gasteiger partial charge in [0.2, 0.25) is 5.88 Å². The quantitative estimate of drug-likeness (QED) is 0.278. The van der Waals surface area contributed by atoms with Crippen LogP contribution in [0.25, 0.3) is 0 Å². The van der Waals surface area contributed by atoms with Crippen molar-refractivity contribution in [3.05, 3.63) is 51.0 Å². The van der Waals surface area contributed by atoms with Gasteiger partial charge in [-0.1, -0.05) is 56.3 Å². The number of benzene rings is 1. The molecule has 0 radical (unpaired) electrons. The minimum atomic E-state index is -0.463. The molecule has 0 aromatic heterocycles. The highest BCUT2D eigenvalue weighted by Crippen LogP contribution is 2.34. The Balaban J connectivity index is 2.04. The van der Waals surface area contributed by atoms with Crippen molar-refractivity contribution in [3.63, 3.8) is 0 Å². The van der Waals surface area contributed by atoms with Crippen molar-refractivity contribution in [3.8, 4) is 0 Å². The van der Waals surface area contributed by atoms with E-state index in [4.69, 9.17) is 11.6 Å². The maximum absolute atomic E-state index is 10.8. The van der Waals surface area contributed by atoms with Crippen LogP contribution in [0.4, 0.5) is 5.69 Å². The SMILES string of the molecule is CCCCCCCC1(C)NC(Cl)=C(O)N1Cc1ccc([N+](=O)[O-])cc1. The summed E-state index contributed by atoms with van der Waals surface area (Å²) in [5.41, 5.74) is 0.470. The number of non-ortho nitro benzene ring substituents is 1. The number of halogens is 1. The molecule has 0 bridgehead atoms. The van der Waals surface area contributed by atoms with Crippen molar-refractivity contribution in [2.75, 3.05) is 0 Å². The lowest BCUT2D eigenvalue weighted by Crippen LogP contribution is -2.49. The van der Waals surface area contributed by atoms with E-state index in [1.807, 2.05) is 11.8 Å². The monoisotopic (exact) mass is 367 g/mol. The number of nitro benzene ring substituents is 1. The highest BCUT2D eigenvalue weighted by atomic mass is 35.5. The molecule has 2 N–H and O–H groups in total. The summed E-state index contributed by atoms with van der Waals surface area (Å²) in [5, 5.41) is 24.5. The van der Waals surface area contributed by atoms with Gasteiger partial charge in [0.05, 0.1) is 4.92 Å². The number of rotatable bonds is 9. The third-order valence-electron chi connectivity index (χ3n) is 4.68. The second kappa shape index (κ2) is 8.43. The summed E-state index contributed by atoms with van der Waals surface area (Å²) in [7, 11) is 0. The van der Waals surface area contributed by atoms with E-state index in [0.717, 1.165) is 24.8 Å². The molecule has 0 saturated heterocycles. The van der Waals surface area contributed by atoms with E-state index in [2.05, 4.69) is 12.2 Å². The average Bonchev–Trinajstić information content (AvgIpc) is 2.79. The Kier molecular flexibility index (Phi) is 6.53. The van der Waals surface area contributed by atoms with Crippen LogP contribution in [0.15, 0.2) is 35.3 Å². The minimum absolute atomic E-state index is 0.0241. The Hall–Kier alpha value is -1.95. The molecule has 25 heavy (non-hydrogen) atoms. The topological polar surface area (TPSA) is 78.6 Å². The number of nitrogens with one attached hydrogen (secondary N) is 1. The Bertz CT molecular complexity index is 633. The van der Waals surface area contributed by atoms with Gasteiger partial charge in [0.1, 0.15) is 5.66 Å². The van der Waals surface area contributed by atoms with Crippen molar-refractivity contribution in [1.29, 1.82) is 0 Å². The minimum Gasteiger partial charge on any atom is -0.493 e. The van der Waals surface area contributed by atoms with Gasteiger partial charge in [-0.2, -0.15) is 0 Å². The highest BCUT2D eigenvalue weighted by Gasteiger charge is 2.40. The normalized spacial score (nSPS) is 20.0. The number of hydrogen-bond donors (Lipinski definition) is 2. The lowest BCUT2D eigenvalue weighted by Gasteiger charge is -2.37. The molecule has 0 aliphatic carbocycles. The number of nitro groups is 1.